The second kappa shape index (κ2) is 4.14. The number of hydrogen-bond donors (Lipinski definition) is 1. The minimum atomic E-state index is -0.244. The Labute approximate surface area is 88.1 Å². The number of nitrogens with two attached hydrogens (primary N) is 1. The van der Waals surface area contributed by atoms with Gasteiger partial charge in [0.05, 0.1) is 6.04 Å². The summed E-state index contributed by atoms with van der Waals surface area (Å²) in [6, 6.07) is 5.00. The maximum Gasteiger partial charge on any atom is 0.0520 e. The van der Waals surface area contributed by atoms with Gasteiger partial charge in [0.1, 0.15) is 0 Å². The molecule has 0 radical (unpaired) electrons. The van der Waals surface area contributed by atoms with Gasteiger partial charge < -0.3 is 5.73 Å². The fourth-order valence-corrected chi connectivity index (χ4v) is 1.43. The van der Waals surface area contributed by atoms with Crippen LogP contribution in [0.15, 0.2) is 30.4 Å². The van der Waals surface area contributed by atoms with Crippen molar-refractivity contribution in [2.75, 3.05) is 0 Å². The van der Waals surface area contributed by atoms with Crippen molar-refractivity contribution in [3.63, 3.8) is 0 Å². The van der Waals surface area contributed by atoms with Crippen molar-refractivity contribution in [1.82, 2.24) is 0 Å². The molecule has 0 aliphatic rings. The van der Waals surface area contributed by atoms with Gasteiger partial charge in [0.2, 0.25) is 0 Å². The SMILES string of the molecule is C=C(C)C(N)c1cc(Cl)ccc1Cl. The van der Waals surface area contributed by atoms with E-state index in [0.29, 0.717) is 10.0 Å². The average Bonchev–Trinajstić information content (AvgIpc) is 2.08. The average molecular weight is 216 g/mol. The summed E-state index contributed by atoms with van der Waals surface area (Å²) < 4.78 is 0. The van der Waals surface area contributed by atoms with E-state index in [2.05, 4.69) is 6.58 Å². The summed E-state index contributed by atoms with van der Waals surface area (Å²) in [5, 5.41) is 1.26. The van der Waals surface area contributed by atoms with Crippen molar-refractivity contribution in [2.24, 2.45) is 5.73 Å². The van der Waals surface area contributed by atoms with Gasteiger partial charge in [-0.2, -0.15) is 0 Å². The maximum absolute atomic E-state index is 5.96. The molecular formula is C10H11Cl2N. The van der Waals surface area contributed by atoms with Crippen LogP contribution in [0.1, 0.15) is 18.5 Å². The fraction of sp³-hybridized carbons (Fsp3) is 0.200. The van der Waals surface area contributed by atoms with Crippen LogP contribution in [0, 0.1) is 0 Å². The third kappa shape index (κ3) is 2.47. The Balaban J connectivity index is 3.12. The van der Waals surface area contributed by atoms with Gasteiger partial charge in [-0.1, -0.05) is 35.4 Å². The molecule has 3 heteroatoms. The van der Waals surface area contributed by atoms with Crippen LogP contribution < -0.4 is 5.73 Å². The lowest BCUT2D eigenvalue weighted by molar-refractivity contribution is 0.851. The maximum atomic E-state index is 5.96. The number of benzene rings is 1. The van der Waals surface area contributed by atoms with Gasteiger partial charge in [0.15, 0.2) is 0 Å². The predicted octanol–water partition coefficient (Wildman–Crippen LogP) is 3.57. The molecule has 0 fully saturated rings. The first-order chi connectivity index (χ1) is 6.02. The third-order valence-electron chi connectivity index (χ3n) is 1.82. The molecule has 1 aromatic carbocycles. The van der Waals surface area contributed by atoms with Crippen molar-refractivity contribution in [3.8, 4) is 0 Å². The highest BCUT2D eigenvalue weighted by Gasteiger charge is 2.10. The molecule has 1 nitrogen and oxygen atoms in total. The molecule has 1 aromatic rings. The van der Waals surface area contributed by atoms with E-state index >= 15 is 0 Å². The quantitative estimate of drug-likeness (QED) is 0.751. The first-order valence-electron chi connectivity index (χ1n) is 3.88. The summed E-state index contributed by atoms with van der Waals surface area (Å²) in [6.07, 6.45) is 0. The molecule has 0 saturated heterocycles. The van der Waals surface area contributed by atoms with Crippen molar-refractivity contribution < 1.29 is 0 Å². The highest BCUT2D eigenvalue weighted by atomic mass is 35.5. The standard InChI is InChI=1S/C10H11Cl2N/c1-6(2)10(13)8-5-7(11)3-4-9(8)12/h3-5,10H,1,13H2,2H3. The summed E-state index contributed by atoms with van der Waals surface area (Å²) in [5.41, 5.74) is 7.55. The molecule has 0 saturated carbocycles. The molecule has 13 heavy (non-hydrogen) atoms. The van der Waals surface area contributed by atoms with E-state index in [1.54, 1.807) is 18.2 Å². The number of hydrogen-bond acceptors (Lipinski definition) is 1. The van der Waals surface area contributed by atoms with Gasteiger partial charge in [-0.3, -0.25) is 0 Å². The van der Waals surface area contributed by atoms with E-state index in [0.717, 1.165) is 11.1 Å². The minimum absolute atomic E-state index is 0.244. The van der Waals surface area contributed by atoms with Crippen molar-refractivity contribution in [3.05, 3.63) is 46.0 Å². The van der Waals surface area contributed by atoms with Gasteiger partial charge in [-0.15, -0.1) is 0 Å². The van der Waals surface area contributed by atoms with Crippen molar-refractivity contribution in [1.29, 1.82) is 0 Å². The first-order valence-corrected chi connectivity index (χ1v) is 4.64. The van der Waals surface area contributed by atoms with Crippen LogP contribution in [0.3, 0.4) is 0 Å². The molecule has 0 aromatic heterocycles. The lowest BCUT2D eigenvalue weighted by Crippen LogP contribution is -2.11. The van der Waals surface area contributed by atoms with Crippen molar-refractivity contribution >= 4 is 23.2 Å². The van der Waals surface area contributed by atoms with E-state index in [1.165, 1.54) is 0 Å². The van der Waals surface area contributed by atoms with Crippen LogP contribution >= 0.6 is 23.2 Å². The Kier molecular flexibility index (Phi) is 3.37. The molecule has 0 amide bonds. The molecule has 1 atom stereocenters. The molecular weight excluding hydrogens is 205 g/mol. The Morgan fingerprint density at radius 2 is 2.08 bits per heavy atom. The summed E-state index contributed by atoms with van der Waals surface area (Å²) in [4.78, 5) is 0. The number of rotatable bonds is 2. The van der Waals surface area contributed by atoms with Gasteiger partial charge in [-0.25, -0.2) is 0 Å². The van der Waals surface area contributed by atoms with Crippen LogP contribution in [0.25, 0.3) is 0 Å². The van der Waals surface area contributed by atoms with Crippen LogP contribution in [-0.4, -0.2) is 0 Å². The van der Waals surface area contributed by atoms with E-state index in [1.807, 2.05) is 6.92 Å². The van der Waals surface area contributed by atoms with E-state index in [9.17, 15) is 0 Å². The Morgan fingerprint density at radius 3 is 2.62 bits per heavy atom. The minimum Gasteiger partial charge on any atom is -0.321 e. The Hall–Kier alpha value is -0.500. The fourth-order valence-electron chi connectivity index (χ4n) is 1.02. The molecule has 0 aliphatic carbocycles. The monoisotopic (exact) mass is 215 g/mol. The zero-order chi connectivity index (χ0) is 10.0. The second-order valence-electron chi connectivity index (χ2n) is 2.99. The topological polar surface area (TPSA) is 26.0 Å². The van der Waals surface area contributed by atoms with E-state index in [-0.39, 0.29) is 6.04 Å². The highest BCUT2D eigenvalue weighted by molar-refractivity contribution is 6.33. The normalized spacial score (nSPS) is 12.6. The molecule has 0 heterocycles. The van der Waals surface area contributed by atoms with Gasteiger partial charge in [0, 0.05) is 10.0 Å². The lowest BCUT2D eigenvalue weighted by Gasteiger charge is -2.13. The van der Waals surface area contributed by atoms with Gasteiger partial charge in [-0.05, 0) is 30.7 Å². The zero-order valence-corrected chi connectivity index (χ0v) is 8.86. The third-order valence-corrected chi connectivity index (χ3v) is 2.40. The second-order valence-corrected chi connectivity index (χ2v) is 3.83. The molecule has 1 unspecified atom stereocenters. The van der Waals surface area contributed by atoms with Crippen molar-refractivity contribution in [2.45, 2.75) is 13.0 Å². The molecule has 2 N–H and O–H groups in total. The Bertz CT molecular complexity index is 334. The van der Waals surface area contributed by atoms with E-state index in [4.69, 9.17) is 28.9 Å². The lowest BCUT2D eigenvalue weighted by atomic mass is 10.0. The smallest absolute Gasteiger partial charge is 0.0520 e. The zero-order valence-electron chi connectivity index (χ0n) is 7.35. The van der Waals surface area contributed by atoms with Crippen LogP contribution in [0.2, 0.25) is 10.0 Å². The van der Waals surface area contributed by atoms with Crippen LogP contribution in [0.4, 0.5) is 0 Å². The molecule has 0 spiro atoms. The van der Waals surface area contributed by atoms with Crippen LogP contribution in [-0.2, 0) is 0 Å². The molecule has 1 rings (SSSR count). The van der Waals surface area contributed by atoms with Crippen LogP contribution in [0.5, 0.6) is 0 Å². The first kappa shape index (κ1) is 10.6. The summed E-state index contributed by atoms with van der Waals surface area (Å²) in [6.45, 7) is 5.64. The summed E-state index contributed by atoms with van der Waals surface area (Å²) >= 11 is 11.8. The predicted molar refractivity (Wildman–Crippen MR) is 58.2 cm³/mol. The molecule has 0 bridgehead atoms. The van der Waals surface area contributed by atoms with Gasteiger partial charge >= 0.3 is 0 Å². The van der Waals surface area contributed by atoms with E-state index < -0.39 is 0 Å². The molecule has 0 aliphatic heterocycles. The summed E-state index contributed by atoms with van der Waals surface area (Å²) in [7, 11) is 0. The summed E-state index contributed by atoms with van der Waals surface area (Å²) in [5.74, 6) is 0. The largest absolute Gasteiger partial charge is 0.321 e. The Morgan fingerprint density at radius 1 is 1.46 bits per heavy atom. The highest BCUT2D eigenvalue weighted by Crippen LogP contribution is 2.27. The number of halogens is 2. The molecule has 70 valence electrons. The van der Waals surface area contributed by atoms with Gasteiger partial charge in [0.25, 0.3) is 0 Å².